The van der Waals surface area contributed by atoms with Gasteiger partial charge in [0, 0.05) is 29.3 Å². The van der Waals surface area contributed by atoms with Gasteiger partial charge in [0.15, 0.2) is 0 Å². The first-order valence-corrected chi connectivity index (χ1v) is 7.59. The molecule has 2 aromatic rings. The van der Waals surface area contributed by atoms with Crippen LogP contribution >= 0.6 is 11.5 Å². The van der Waals surface area contributed by atoms with Crippen molar-refractivity contribution in [2.45, 2.75) is 19.8 Å². The molecule has 1 unspecified atom stereocenters. The highest BCUT2D eigenvalue weighted by atomic mass is 32.1. The monoisotopic (exact) mass is 331 g/mol. The standard InChI is InChI=1S/C15H13N3O4S/c1-7-12(15(19)20)13(11-8(2)17-23-14(11)16-7)9-4-3-5-10(6-9)18(21)22/h3-6,13,16H,1-2H3,(H,19,20). The summed E-state index contributed by atoms with van der Waals surface area (Å²) in [6, 6.07) is 6.09. The first-order chi connectivity index (χ1) is 10.9. The summed E-state index contributed by atoms with van der Waals surface area (Å²) in [4.78, 5) is 22.3. The molecular weight excluding hydrogens is 318 g/mol. The number of aromatic nitrogens is 1. The van der Waals surface area contributed by atoms with Gasteiger partial charge in [-0.05, 0) is 30.9 Å². The van der Waals surface area contributed by atoms with Gasteiger partial charge < -0.3 is 10.4 Å². The highest BCUT2D eigenvalue weighted by molar-refractivity contribution is 7.10. The van der Waals surface area contributed by atoms with Crippen LogP contribution in [0.2, 0.25) is 0 Å². The van der Waals surface area contributed by atoms with E-state index >= 15 is 0 Å². The predicted octanol–water partition coefficient (Wildman–Crippen LogP) is 3.28. The van der Waals surface area contributed by atoms with Crippen LogP contribution in [0.4, 0.5) is 10.7 Å². The molecule has 7 nitrogen and oxygen atoms in total. The molecule has 0 saturated heterocycles. The number of allylic oxidation sites excluding steroid dienone is 1. The van der Waals surface area contributed by atoms with E-state index in [0.717, 1.165) is 16.3 Å². The van der Waals surface area contributed by atoms with Crippen LogP contribution in [0.25, 0.3) is 0 Å². The summed E-state index contributed by atoms with van der Waals surface area (Å²) < 4.78 is 4.29. The molecule has 1 aliphatic heterocycles. The number of rotatable bonds is 3. The number of benzene rings is 1. The fourth-order valence-corrected chi connectivity index (χ4v) is 3.73. The van der Waals surface area contributed by atoms with Gasteiger partial charge in [0.25, 0.3) is 5.69 Å². The van der Waals surface area contributed by atoms with Gasteiger partial charge in [-0.2, -0.15) is 4.37 Å². The Balaban J connectivity index is 2.25. The zero-order chi connectivity index (χ0) is 16.7. The van der Waals surface area contributed by atoms with Crippen LogP contribution in [0.3, 0.4) is 0 Å². The van der Waals surface area contributed by atoms with E-state index in [1.54, 1.807) is 19.1 Å². The van der Waals surface area contributed by atoms with Crippen molar-refractivity contribution in [3.63, 3.8) is 0 Å². The number of anilines is 1. The number of nitro groups is 1. The number of non-ortho nitro benzene ring substituents is 1. The molecule has 0 fully saturated rings. The fourth-order valence-electron chi connectivity index (χ4n) is 2.84. The summed E-state index contributed by atoms with van der Waals surface area (Å²) in [5.74, 6) is -1.63. The number of nitrogens with zero attached hydrogens (tertiary/aromatic N) is 2. The number of fused-ring (bicyclic) bond motifs is 1. The number of nitrogens with one attached hydrogen (secondary N) is 1. The maximum absolute atomic E-state index is 11.8. The van der Waals surface area contributed by atoms with Crippen molar-refractivity contribution in [3.8, 4) is 0 Å². The van der Waals surface area contributed by atoms with Crippen molar-refractivity contribution in [2.75, 3.05) is 5.32 Å². The SMILES string of the molecule is CC1=C(C(=O)O)C(c2cccc([N+](=O)[O-])c2)c2c(C)nsc2N1. The van der Waals surface area contributed by atoms with Crippen LogP contribution in [-0.2, 0) is 4.79 Å². The van der Waals surface area contributed by atoms with E-state index in [4.69, 9.17) is 0 Å². The summed E-state index contributed by atoms with van der Waals surface area (Å²) in [7, 11) is 0. The minimum Gasteiger partial charge on any atom is -0.478 e. The Hall–Kier alpha value is -2.74. The second-order valence-electron chi connectivity index (χ2n) is 5.26. The third kappa shape index (κ3) is 2.46. The molecule has 23 heavy (non-hydrogen) atoms. The Kier molecular flexibility index (Phi) is 3.61. The van der Waals surface area contributed by atoms with Crippen LogP contribution < -0.4 is 5.32 Å². The molecule has 0 radical (unpaired) electrons. The molecule has 0 amide bonds. The van der Waals surface area contributed by atoms with Gasteiger partial charge in [-0.15, -0.1) is 0 Å². The molecule has 1 aromatic carbocycles. The molecule has 1 aromatic heterocycles. The number of carboxylic acid groups (broad SMARTS) is 1. The fraction of sp³-hybridized carbons (Fsp3) is 0.200. The van der Waals surface area contributed by atoms with E-state index in [2.05, 4.69) is 9.69 Å². The number of carboxylic acids is 1. The lowest BCUT2D eigenvalue weighted by atomic mass is 9.82. The molecule has 1 atom stereocenters. The Morgan fingerprint density at radius 2 is 2.17 bits per heavy atom. The Morgan fingerprint density at radius 1 is 1.43 bits per heavy atom. The number of aliphatic carboxylic acids is 1. The third-order valence-corrected chi connectivity index (χ3v) is 4.71. The molecule has 118 valence electrons. The van der Waals surface area contributed by atoms with Crippen molar-refractivity contribution >= 4 is 28.2 Å². The van der Waals surface area contributed by atoms with Crippen LogP contribution in [0, 0.1) is 17.0 Å². The van der Waals surface area contributed by atoms with E-state index in [-0.39, 0.29) is 11.3 Å². The normalized spacial score (nSPS) is 16.7. The molecule has 2 heterocycles. The number of hydrogen-bond acceptors (Lipinski definition) is 6. The molecular formula is C15H13N3O4S. The minimum atomic E-state index is -1.05. The van der Waals surface area contributed by atoms with Crippen LogP contribution in [-0.4, -0.2) is 20.4 Å². The number of hydrogen-bond donors (Lipinski definition) is 2. The molecule has 2 N–H and O–H groups in total. The van der Waals surface area contributed by atoms with E-state index in [1.807, 2.05) is 6.92 Å². The average Bonchev–Trinajstić information content (AvgIpc) is 2.86. The van der Waals surface area contributed by atoms with Gasteiger partial charge in [-0.25, -0.2) is 4.79 Å². The molecule has 8 heteroatoms. The van der Waals surface area contributed by atoms with Crippen molar-refractivity contribution < 1.29 is 14.8 Å². The van der Waals surface area contributed by atoms with E-state index in [9.17, 15) is 20.0 Å². The van der Waals surface area contributed by atoms with Gasteiger partial charge in [0.05, 0.1) is 16.2 Å². The molecule has 0 bridgehead atoms. The van der Waals surface area contributed by atoms with Gasteiger partial charge >= 0.3 is 5.97 Å². The quantitative estimate of drug-likeness (QED) is 0.660. The first kappa shape index (κ1) is 15.2. The second-order valence-corrected chi connectivity index (χ2v) is 6.04. The van der Waals surface area contributed by atoms with Crippen molar-refractivity contribution in [2.24, 2.45) is 0 Å². The number of aryl methyl sites for hydroxylation is 1. The summed E-state index contributed by atoms with van der Waals surface area (Å²) in [5.41, 5.74) is 2.69. The van der Waals surface area contributed by atoms with Crippen molar-refractivity contribution in [1.82, 2.24) is 4.37 Å². The third-order valence-electron chi connectivity index (χ3n) is 3.84. The molecule has 0 spiro atoms. The minimum absolute atomic E-state index is 0.0641. The first-order valence-electron chi connectivity index (χ1n) is 6.81. The van der Waals surface area contributed by atoms with Crippen LogP contribution in [0.1, 0.15) is 29.7 Å². The van der Waals surface area contributed by atoms with E-state index in [0.29, 0.717) is 11.3 Å². The molecule has 0 saturated carbocycles. The zero-order valence-electron chi connectivity index (χ0n) is 12.4. The number of carbonyl (C=O) groups is 1. The predicted molar refractivity (Wildman–Crippen MR) is 85.7 cm³/mol. The highest BCUT2D eigenvalue weighted by Crippen LogP contribution is 2.45. The lowest BCUT2D eigenvalue weighted by Gasteiger charge is -2.26. The van der Waals surface area contributed by atoms with E-state index < -0.39 is 16.8 Å². The Bertz CT molecular complexity index is 856. The Labute approximate surface area is 135 Å². The molecule has 1 aliphatic rings. The van der Waals surface area contributed by atoms with E-state index in [1.165, 1.54) is 23.7 Å². The van der Waals surface area contributed by atoms with Crippen LogP contribution in [0.15, 0.2) is 35.5 Å². The van der Waals surface area contributed by atoms with Gasteiger partial charge in [-0.3, -0.25) is 10.1 Å². The maximum atomic E-state index is 11.8. The number of nitro benzene ring substituents is 1. The lowest BCUT2D eigenvalue weighted by molar-refractivity contribution is -0.384. The summed E-state index contributed by atoms with van der Waals surface area (Å²) in [6.45, 7) is 3.49. The van der Waals surface area contributed by atoms with Crippen molar-refractivity contribution in [3.05, 3.63) is 62.5 Å². The highest BCUT2D eigenvalue weighted by Gasteiger charge is 2.35. The largest absolute Gasteiger partial charge is 0.478 e. The van der Waals surface area contributed by atoms with Gasteiger partial charge in [0.1, 0.15) is 5.00 Å². The molecule has 3 rings (SSSR count). The second kappa shape index (κ2) is 5.47. The summed E-state index contributed by atoms with van der Waals surface area (Å²) in [6.07, 6.45) is 0. The summed E-state index contributed by atoms with van der Waals surface area (Å²) in [5, 5.41) is 24.5. The zero-order valence-corrected chi connectivity index (χ0v) is 13.2. The smallest absolute Gasteiger partial charge is 0.334 e. The lowest BCUT2D eigenvalue weighted by Crippen LogP contribution is -2.22. The van der Waals surface area contributed by atoms with Crippen molar-refractivity contribution in [1.29, 1.82) is 0 Å². The maximum Gasteiger partial charge on any atom is 0.334 e. The van der Waals surface area contributed by atoms with Gasteiger partial charge in [0.2, 0.25) is 0 Å². The topological polar surface area (TPSA) is 105 Å². The van der Waals surface area contributed by atoms with Crippen LogP contribution in [0.5, 0.6) is 0 Å². The summed E-state index contributed by atoms with van der Waals surface area (Å²) >= 11 is 1.26. The molecule has 0 aliphatic carbocycles. The average molecular weight is 331 g/mol. The Morgan fingerprint density at radius 3 is 2.83 bits per heavy atom. The van der Waals surface area contributed by atoms with Gasteiger partial charge in [-0.1, -0.05) is 12.1 Å².